The fourth-order valence-corrected chi connectivity index (χ4v) is 5.15. The van der Waals surface area contributed by atoms with Crippen molar-refractivity contribution in [3.63, 3.8) is 0 Å². The molecule has 0 radical (unpaired) electrons. The van der Waals surface area contributed by atoms with Crippen LogP contribution in [0.3, 0.4) is 0 Å². The van der Waals surface area contributed by atoms with Crippen LogP contribution in [-0.2, 0) is 5.41 Å². The van der Waals surface area contributed by atoms with Crippen molar-refractivity contribution in [3.8, 4) is 11.3 Å². The molecule has 0 atom stereocenters. The van der Waals surface area contributed by atoms with Gasteiger partial charge in [0.05, 0.1) is 28.1 Å². The second-order valence-corrected chi connectivity index (χ2v) is 12.0. The first-order valence-corrected chi connectivity index (χ1v) is 13.1. The van der Waals surface area contributed by atoms with Crippen LogP contribution in [0.1, 0.15) is 66.9 Å². The topological polar surface area (TPSA) is 99.5 Å². The standard InChI is InChI=1S/C28H31ClFN7O2/c1-16-11-22(33-32-16)25(38)35-9-10-36(28(5,6)15-35)26(39)23-14-37-24(31-23)18(27(2,3)4)13-21(34-37)17-7-8-20(30)19(29)12-17/h7-8,11-14H,9-10,15H2,1-6H3,(H,32,33). The molecular formula is C28H31ClFN7O2. The summed E-state index contributed by atoms with van der Waals surface area (Å²) in [5, 5.41) is 11.5. The highest BCUT2D eigenvalue weighted by atomic mass is 35.5. The molecule has 1 aliphatic rings. The molecule has 0 saturated carbocycles. The molecule has 9 nitrogen and oxygen atoms in total. The number of halogens is 2. The molecule has 1 fully saturated rings. The number of benzene rings is 1. The normalized spacial score (nSPS) is 15.7. The van der Waals surface area contributed by atoms with Crippen molar-refractivity contribution >= 4 is 29.1 Å². The van der Waals surface area contributed by atoms with E-state index in [0.717, 1.165) is 11.3 Å². The number of aryl methyl sites for hydroxylation is 1. The third kappa shape index (κ3) is 5.01. The zero-order valence-corrected chi connectivity index (χ0v) is 23.6. The minimum atomic E-state index is -0.633. The average Bonchev–Trinajstić information content (AvgIpc) is 3.49. The molecular weight excluding hydrogens is 521 g/mol. The second kappa shape index (κ2) is 9.44. The predicted octanol–water partition coefficient (Wildman–Crippen LogP) is 4.89. The summed E-state index contributed by atoms with van der Waals surface area (Å²) in [5.74, 6) is -0.880. The Balaban J connectivity index is 1.47. The number of aromatic nitrogens is 5. The first-order valence-electron chi connectivity index (χ1n) is 12.7. The number of rotatable bonds is 3. The van der Waals surface area contributed by atoms with Gasteiger partial charge >= 0.3 is 0 Å². The number of amides is 2. The van der Waals surface area contributed by atoms with Gasteiger partial charge in [-0.3, -0.25) is 14.7 Å². The summed E-state index contributed by atoms with van der Waals surface area (Å²) in [6.07, 6.45) is 1.63. The van der Waals surface area contributed by atoms with E-state index in [0.29, 0.717) is 42.2 Å². The Morgan fingerprint density at radius 1 is 1.10 bits per heavy atom. The molecule has 3 aromatic heterocycles. The van der Waals surface area contributed by atoms with Crippen molar-refractivity contribution in [3.05, 3.63) is 70.0 Å². The van der Waals surface area contributed by atoms with E-state index in [-0.39, 0.29) is 27.9 Å². The van der Waals surface area contributed by atoms with Crippen LogP contribution >= 0.6 is 11.6 Å². The quantitative estimate of drug-likeness (QED) is 0.390. The van der Waals surface area contributed by atoms with Crippen LogP contribution in [0, 0.1) is 12.7 Å². The molecule has 5 rings (SSSR count). The number of H-pyrrole nitrogens is 1. The summed E-state index contributed by atoms with van der Waals surface area (Å²) in [6.45, 7) is 13.0. The summed E-state index contributed by atoms with van der Waals surface area (Å²) in [4.78, 5) is 35.0. The van der Waals surface area contributed by atoms with Crippen molar-refractivity contribution in [2.45, 2.75) is 52.5 Å². The van der Waals surface area contributed by atoms with Crippen LogP contribution in [-0.4, -0.2) is 71.6 Å². The van der Waals surface area contributed by atoms with E-state index in [1.165, 1.54) is 12.1 Å². The number of imidazole rings is 1. The monoisotopic (exact) mass is 551 g/mol. The van der Waals surface area contributed by atoms with Crippen molar-refractivity contribution < 1.29 is 14.0 Å². The van der Waals surface area contributed by atoms with Crippen LogP contribution in [0.25, 0.3) is 16.9 Å². The van der Waals surface area contributed by atoms with Gasteiger partial charge in [-0.15, -0.1) is 0 Å². The lowest BCUT2D eigenvalue weighted by Crippen LogP contribution is -2.62. The van der Waals surface area contributed by atoms with E-state index in [1.807, 2.05) is 26.8 Å². The highest BCUT2D eigenvalue weighted by molar-refractivity contribution is 6.31. The Morgan fingerprint density at radius 3 is 2.46 bits per heavy atom. The summed E-state index contributed by atoms with van der Waals surface area (Å²) >= 11 is 6.03. The lowest BCUT2D eigenvalue weighted by molar-refractivity contribution is 0.0163. The summed E-state index contributed by atoms with van der Waals surface area (Å²) < 4.78 is 15.4. The third-order valence-electron chi connectivity index (χ3n) is 7.04. The first-order chi connectivity index (χ1) is 18.2. The molecule has 1 saturated heterocycles. The van der Waals surface area contributed by atoms with Crippen LogP contribution in [0.2, 0.25) is 5.02 Å². The smallest absolute Gasteiger partial charge is 0.274 e. The van der Waals surface area contributed by atoms with Crippen molar-refractivity contribution in [2.24, 2.45) is 0 Å². The van der Waals surface area contributed by atoms with Crippen molar-refractivity contribution in [1.82, 2.24) is 34.6 Å². The van der Waals surface area contributed by atoms with Gasteiger partial charge in [-0.1, -0.05) is 32.4 Å². The Labute approximate surface area is 231 Å². The zero-order valence-electron chi connectivity index (χ0n) is 22.8. The average molecular weight is 552 g/mol. The highest BCUT2D eigenvalue weighted by Gasteiger charge is 2.40. The van der Waals surface area contributed by atoms with E-state index in [4.69, 9.17) is 16.6 Å². The molecule has 4 heterocycles. The Hall–Kier alpha value is -3.79. The minimum absolute atomic E-state index is 0.00993. The minimum Gasteiger partial charge on any atom is -0.333 e. The van der Waals surface area contributed by atoms with Gasteiger partial charge in [-0.05, 0) is 56.5 Å². The molecule has 1 N–H and O–H groups in total. The Kier molecular flexibility index (Phi) is 6.49. The maximum Gasteiger partial charge on any atom is 0.274 e. The SMILES string of the molecule is Cc1cc(C(=O)N2CCN(C(=O)c3cn4nc(-c5ccc(F)c(Cl)c5)cc(C(C)(C)C)c4n3)C(C)(C)C2)[nH]n1. The van der Waals surface area contributed by atoms with Gasteiger partial charge in [0, 0.05) is 30.8 Å². The van der Waals surface area contributed by atoms with E-state index in [1.54, 1.807) is 32.6 Å². The number of carbonyl (C=O) groups excluding carboxylic acids is 2. The van der Waals surface area contributed by atoms with E-state index in [2.05, 4.69) is 36.1 Å². The summed E-state index contributed by atoms with van der Waals surface area (Å²) in [5.41, 5.74) is 3.20. The predicted molar refractivity (Wildman–Crippen MR) is 146 cm³/mol. The molecule has 1 aliphatic heterocycles. The number of nitrogens with zero attached hydrogens (tertiary/aromatic N) is 6. The van der Waals surface area contributed by atoms with Gasteiger partial charge in [-0.2, -0.15) is 10.2 Å². The van der Waals surface area contributed by atoms with Gasteiger partial charge in [0.2, 0.25) is 0 Å². The number of aromatic amines is 1. The van der Waals surface area contributed by atoms with E-state index in [9.17, 15) is 14.0 Å². The number of hydrogen-bond donors (Lipinski definition) is 1. The largest absolute Gasteiger partial charge is 0.333 e. The van der Waals surface area contributed by atoms with Crippen LogP contribution in [0.4, 0.5) is 4.39 Å². The van der Waals surface area contributed by atoms with Crippen LogP contribution < -0.4 is 0 Å². The Bertz CT molecular complexity index is 1600. The molecule has 39 heavy (non-hydrogen) atoms. The number of hydrogen-bond acceptors (Lipinski definition) is 5. The summed E-state index contributed by atoms with van der Waals surface area (Å²) in [7, 11) is 0. The molecule has 0 spiro atoms. The molecule has 11 heteroatoms. The lowest BCUT2D eigenvalue weighted by atomic mass is 9.87. The second-order valence-electron chi connectivity index (χ2n) is 11.6. The van der Waals surface area contributed by atoms with E-state index >= 15 is 0 Å². The highest BCUT2D eigenvalue weighted by Crippen LogP contribution is 2.32. The molecule has 2 amide bonds. The third-order valence-corrected chi connectivity index (χ3v) is 7.33. The van der Waals surface area contributed by atoms with Gasteiger partial charge in [0.15, 0.2) is 5.65 Å². The van der Waals surface area contributed by atoms with E-state index < -0.39 is 11.4 Å². The molecule has 204 valence electrons. The number of piperazine rings is 1. The number of nitrogens with one attached hydrogen (secondary N) is 1. The lowest BCUT2D eigenvalue weighted by Gasteiger charge is -2.46. The van der Waals surface area contributed by atoms with Crippen molar-refractivity contribution in [1.29, 1.82) is 0 Å². The molecule has 0 unspecified atom stereocenters. The molecule has 1 aromatic carbocycles. The van der Waals surface area contributed by atoms with Gasteiger partial charge in [0.25, 0.3) is 11.8 Å². The fourth-order valence-electron chi connectivity index (χ4n) is 4.97. The van der Waals surface area contributed by atoms with Gasteiger partial charge in [-0.25, -0.2) is 13.9 Å². The first kappa shape index (κ1) is 26.8. The summed E-state index contributed by atoms with van der Waals surface area (Å²) in [6, 6.07) is 8.10. The zero-order chi connectivity index (χ0) is 28.3. The molecule has 0 aliphatic carbocycles. The van der Waals surface area contributed by atoms with Crippen LogP contribution in [0.15, 0.2) is 36.5 Å². The number of carbonyl (C=O) groups is 2. The van der Waals surface area contributed by atoms with Gasteiger partial charge in [0.1, 0.15) is 17.2 Å². The maximum absolute atomic E-state index is 13.8. The van der Waals surface area contributed by atoms with Gasteiger partial charge < -0.3 is 9.80 Å². The number of fused-ring (bicyclic) bond motifs is 1. The van der Waals surface area contributed by atoms with Crippen LogP contribution in [0.5, 0.6) is 0 Å². The fraction of sp³-hybridized carbons (Fsp3) is 0.393. The molecule has 0 bridgehead atoms. The Morgan fingerprint density at radius 2 is 1.85 bits per heavy atom. The molecule has 4 aromatic rings. The van der Waals surface area contributed by atoms with Crippen molar-refractivity contribution in [2.75, 3.05) is 19.6 Å². The maximum atomic E-state index is 13.8.